The van der Waals surface area contributed by atoms with Crippen LogP contribution in [0, 0.1) is 34.5 Å². The van der Waals surface area contributed by atoms with E-state index in [4.69, 9.17) is 20.3 Å². The van der Waals surface area contributed by atoms with Crippen molar-refractivity contribution >= 4 is 0 Å². The Kier molecular flexibility index (Phi) is 20.2. The Morgan fingerprint density at radius 3 is 1.45 bits per heavy atom. The summed E-state index contributed by atoms with van der Waals surface area (Å²) in [5.41, 5.74) is 0. The Morgan fingerprint density at radius 1 is 0.818 bits per heavy atom. The molecule has 0 amide bonds. The SMILES string of the molecule is CC(C#N)CN=NCC(C)C#N.CCCCOOCCCC. The van der Waals surface area contributed by atoms with E-state index in [9.17, 15) is 0 Å². The van der Waals surface area contributed by atoms with Crippen molar-refractivity contribution in [3.05, 3.63) is 0 Å². The Hall–Kier alpha value is -1.50. The normalized spacial score (nSPS) is 12.8. The number of nitrogens with zero attached hydrogens (tertiary/aromatic N) is 4. The molecule has 0 N–H and O–H groups in total. The van der Waals surface area contributed by atoms with Crippen molar-refractivity contribution in [3.63, 3.8) is 0 Å². The number of hydrogen-bond donors (Lipinski definition) is 0. The third-order valence-corrected chi connectivity index (χ3v) is 2.50. The smallest absolute Gasteiger partial charge is 0.0822 e. The summed E-state index contributed by atoms with van der Waals surface area (Å²) in [7, 11) is 0. The fraction of sp³-hybridized carbons (Fsp3) is 0.875. The van der Waals surface area contributed by atoms with Gasteiger partial charge in [-0.1, -0.05) is 26.7 Å². The molecule has 2 unspecified atom stereocenters. The molecule has 0 spiro atoms. The molecule has 2 atom stereocenters. The summed E-state index contributed by atoms with van der Waals surface area (Å²) >= 11 is 0. The zero-order chi connectivity index (χ0) is 17.1. The van der Waals surface area contributed by atoms with Crippen LogP contribution in [0.4, 0.5) is 0 Å². The van der Waals surface area contributed by atoms with Gasteiger partial charge in [0.1, 0.15) is 0 Å². The molecular weight excluding hydrogens is 280 g/mol. The van der Waals surface area contributed by atoms with Crippen molar-refractivity contribution in [2.75, 3.05) is 26.3 Å². The summed E-state index contributed by atoms with van der Waals surface area (Å²) < 4.78 is 0. The predicted molar refractivity (Wildman–Crippen MR) is 85.9 cm³/mol. The Labute approximate surface area is 135 Å². The lowest BCUT2D eigenvalue weighted by atomic mass is 10.2. The van der Waals surface area contributed by atoms with Crippen molar-refractivity contribution in [1.82, 2.24) is 0 Å². The van der Waals surface area contributed by atoms with Gasteiger partial charge in [-0.2, -0.15) is 20.8 Å². The molecule has 0 bridgehead atoms. The maximum atomic E-state index is 8.39. The third kappa shape index (κ3) is 20.8. The van der Waals surface area contributed by atoms with Crippen LogP contribution < -0.4 is 0 Å². The molecule has 22 heavy (non-hydrogen) atoms. The van der Waals surface area contributed by atoms with E-state index in [2.05, 4.69) is 24.1 Å². The molecule has 0 aromatic carbocycles. The van der Waals surface area contributed by atoms with Gasteiger partial charge in [-0.25, -0.2) is 9.78 Å². The van der Waals surface area contributed by atoms with Gasteiger partial charge in [0, 0.05) is 0 Å². The van der Waals surface area contributed by atoms with Crippen molar-refractivity contribution in [2.45, 2.75) is 53.4 Å². The first-order valence-corrected chi connectivity index (χ1v) is 7.99. The molecule has 0 saturated carbocycles. The van der Waals surface area contributed by atoms with Crippen molar-refractivity contribution in [3.8, 4) is 12.1 Å². The average Bonchev–Trinajstić information content (AvgIpc) is 2.55. The van der Waals surface area contributed by atoms with Gasteiger partial charge in [-0.05, 0) is 26.7 Å². The lowest BCUT2D eigenvalue weighted by molar-refractivity contribution is -0.295. The van der Waals surface area contributed by atoms with Crippen LogP contribution in [0.5, 0.6) is 0 Å². The number of rotatable bonds is 11. The Bertz CT molecular complexity index is 302. The van der Waals surface area contributed by atoms with Crippen LogP contribution in [0.1, 0.15) is 53.4 Å². The van der Waals surface area contributed by atoms with E-state index >= 15 is 0 Å². The van der Waals surface area contributed by atoms with Crippen LogP contribution in [0.15, 0.2) is 10.2 Å². The minimum Gasteiger partial charge on any atom is -0.237 e. The molecule has 0 aromatic heterocycles. The maximum Gasteiger partial charge on any atom is 0.0822 e. The second-order valence-corrected chi connectivity index (χ2v) is 5.06. The fourth-order valence-corrected chi connectivity index (χ4v) is 0.966. The summed E-state index contributed by atoms with van der Waals surface area (Å²) in [6.07, 6.45) is 4.51. The van der Waals surface area contributed by atoms with Gasteiger partial charge in [0.25, 0.3) is 0 Å². The number of unbranched alkanes of at least 4 members (excludes halogenated alkanes) is 2. The van der Waals surface area contributed by atoms with Crippen LogP contribution >= 0.6 is 0 Å². The van der Waals surface area contributed by atoms with Gasteiger partial charge in [0.15, 0.2) is 0 Å². The van der Waals surface area contributed by atoms with Crippen LogP contribution in [0.3, 0.4) is 0 Å². The molecule has 0 radical (unpaired) electrons. The number of hydrogen-bond acceptors (Lipinski definition) is 6. The first-order chi connectivity index (χ1) is 10.6. The van der Waals surface area contributed by atoms with Crippen LogP contribution in [0.2, 0.25) is 0 Å². The lowest BCUT2D eigenvalue weighted by Gasteiger charge is -2.00. The molecule has 6 heteroatoms. The third-order valence-electron chi connectivity index (χ3n) is 2.50. The first-order valence-electron chi connectivity index (χ1n) is 7.99. The summed E-state index contributed by atoms with van der Waals surface area (Å²) in [5.74, 6) is -0.183. The lowest BCUT2D eigenvalue weighted by Crippen LogP contribution is -1.97. The molecule has 0 aliphatic heterocycles. The van der Waals surface area contributed by atoms with Crippen LogP contribution in [-0.4, -0.2) is 26.3 Å². The molecule has 0 aromatic rings. The highest BCUT2D eigenvalue weighted by Gasteiger charge is 1.97. The largest absolute Gasteiger partial charge is 0.237 e. The predicted octanol–water partition coefficient (Wildman–Crippen LogP) is 4.29. The highest BCUT2D eigenvalue weighted by atomic mass is 17.2. The second kappa shape index (κ2) is 19.5. The topological polar surface area (TPSA) is 90.8 Å². The van der Waals surface area contributed by atoms with E-state index < -0.39 is 0 Å². The quantitative estimate of drug-likeness (QED) is 0.246. The van der Waals surface area contributed by atoms with E-state index in [0.717, 1.165) is 38.9 Å². The zero-order valence-corrected chi connectivity index (χ0v) is 14.4. The Balaban J connectivity index is 0. The molecule has 0 aliphatic carbocycles. The molecule has 126 valence electrons. The highest BCUT2D eigenvalue weighted by Crippen LogP contribution is 1.96. The minimum absolute atomic E-state index is 0.0915. The molecule has 0 fully saturated rings. The highest BCUT2D eigenvalue weighted by molar-refractivity contribution is 4.81. The summed E-state index contributed by atoms with van der Waals surface area (Å²) in [6.45, 7) is 10.2. The first kappa shape index (κ1) is 22.8. The van der Waals surface area contributed by atoms with Crippen LogP contribution in [0.25, 0.3) is 0 Å². The van der Waals surface area contributed by atoms with Gasteiger partial charge in [-0.3, -0.25) is 0 Å². The van der Waals surface area contributed by atoms with E-state index in [1.165, 1.54) is 0 Å². The Morgan fingerprint density at radius 2 is 1.18 bits per heavy atom. The molecular formula is C16H30N4O2. The van der Waals surface area contributed by atoms with E-state index in [1.54, 1.807) is 13.8 Å². The minimum atomic E-state index is -0.0915. The molecule has 0 saturated heterocycles. The van der Waals surface area contributed by atoms with Gasteiger partial charge in [0.2, 0.25) is 0 Å². The number of azo groups is 1. The number of nitriles is 2. The second-order valence-electron chi connectivity index (χ2n) is 5.06. The van der Waals surface area contributed by atoms with Crippen molar-refractivity contribution < 1.29 is 9.78 Å². The standard InChI is InChI=1S/C8H12N4.C8H18O2/c1-7(3-9)5-11-12-6-8(2)4-10;1-3-5-7-9-10-8-6-4-2/h7-8H,5-6H2,1-2H3;3-8H2,1-2H3. The maximum absolute atomic E-state index is 8.39. The molecule has 6 nitrogen and oxygen atoms in total. The van der Waals surface area contributed by atoms with E-state index in [1.807, 2.05) is 12.1 Å². The molecule has 0 heterocycles. The summed E-state index contributed by atoms with van der Waals surface area (Å²) in [4.78, 5) is 9.75. The van der Waals surface area contributed by atoms with Gasteiger partial charge in [0.05, 0.1) is 50.3 Å². The summed E-state index contributed by atoms with van der Waals surface area (Å²) in [5, 5.41) is 24.3. The van der Waals surface area contributed by atoms with Crippen molar-refractivity contribution in [1.29, 1.82) is 10.5 Å². The fourth-order valence-electron chi connectivity index (χ4n) is 0.966. The summed E-state index contributed by atoms with van der Waals surface area (Å²) in [6, 6.07) is 4.10. The molecule has 0 aliphatic rings. The molecule has 0 rings (SSSR count). The van der Waals surface area contributed by atoms with Crippen molar-refractivity contribution in [2.24, 2.45) is 22.1 Å². The van der Waals surface area contributed by atoms with Gasteiger partial charge in [-0.15, -0.1) is 0 Å². The average molecular weight is 310 g/mol. The zero-order valence-electron chi connectivity index (χ0n) is 14.4. The van der Waals surface area contributed by atoms with E-state index in [-0.39, 0.29) is 11.8 Å². The van der Waals surface area contributed by atoms with Gasteiger partial charge < -0.3 is 0 Å². The van der Waals surface area contributed by atoms with Gasteiger partial charge >= 0.3 is 0 Å². The monoisotopic (exact) mass is 310 g/mol. The van der Waals surface area contributed by atoms with Crippen LogP contribution in [-0.2, 0) is 9.78 Å². The van der Waals surface area contributed by atoms with E-state index in [0.29, 0.717) is 13.1 Å².